The van der Waals surface area contributed by atoms with E-state index in [1.54, 1.807) is 0 Å². The predicted octanol–water partition coefficient (Wildman–Crippen LogP) is 3.56. The summed E-state index contributed by atoms with van der Waals surface area (Å²) < 4.78 is 6.04. The number of benzene rings is 1. The fraction of sp³-hybridized carbons (Fsp3) is 0.538. The van der Waals surface area contributed by atoms with Crippen LogP contribution in [0, 0.1) is 5.92 Å². The number of amides is 1. The van der Waals surface area contributed by atoms with Crippen LogP contribution in [0.15, 0.2) is 42.6 Å². The van der Waals surface area contributed by atoms with Crippen LogP contribution in [0.3, 0.4) is 0 Å². The van der Waals surface area contributed by atoms with E-state index in [0.29, 0.717) is 12.5 Å². The molecule has 4 rings (SSSR count). The topological polar surface area (TPSA) is 48.9 Å². The first kappa shape index (κ1) is 22.7. The second-order valence-electron chi connectivity index (χ2n) is 8.91. The molecule has 0 bridgehead atoms. The molecule has 0 aliphatic carbocycles. The van der Waals surface area contributed by atoms with Crippen LogP contribution in [0.25, 0.3) is 0 Å². The highest BCUT2D eigenvalue weighted by Gasteiger charge is 2.28. The van der Waals surface area contributed by atoms with Gasteiger partial charge in [-0.25, -0.2) is 0 Å². The first-order chi connectivity index (χ1) is 15.7. The van der Waals surface area contributed by atoms with Gasteiger partial charge in [0, 0.05) is 57.6 Å². The molecule has 0 N–H and O–H groups in total. The molecule has 0 radical (unpaired) electrons. The SMILES string of the molecule is CCN(CC)C(=O)C1CCCN(Cc2ccc3c(c2)CN(Cc2ccccn2)CCO3)C1. The van der Waals surface area contributed by atoms with Gasteiger partial charge in [-0.1, -0.05) is 12.1 Å². The van der Waals surface area contributed by atoms with E-state index in [4.69, 9.17) is 4.74 Å². The minimum Gasteiger partial charge on any atom is -0.492 e. The van der Waals surface area contributed by atoms with Crippen LogP contribution in [0.1, 0.15) is 43.5 Å². The predicted molar refractivity (Wildman–Crippen MR) is 126 cm³/mol. The van der Waals surface area contributed by atoms with Crippen LogP contribution < -0.4 is 4.74 Å². The maximum atomic E-state index is 12.8. The Morgan fingerprint density at radius 3 is 2.78 bits per heavy atom. The standard InChI is InChI=1S/C26H36N4O2/c1-3-30(4-2)26(31)22-8-7-13-28(18-22)17-21-10-11-25-23(16-21)19-29(14-15-32-25)20-24-9-5-6-12-27-24/h5-6,9-12,16,22H,3-4,7-8,13-15,17-20H2,1-2H3. The average molecular weight is 437 g/mol. The van der Waals surface area contributed by atoms with Crippen molar-refractivity contribution in [1.82, 2.24) is 19.7 Å². The summed E-state index contributed by atoms with van der Waals surface area (Å²) in [6.07, 6.45) is 3.95. The van der Waals surface area contributed by atoms with Crippen LogP contribution >= 0.6 is 0 Å². The van der Waals surface area contributed by atoms with Gasteiger partial charge in [0.15, 0.2) is 0 Å². The number of ether oxygens (including phenoxy) is 1. The van der Waals surface area contributed by atoms with Crippen molar-refractivity contribution in [3.05, 3.63) is 59.4 Å². The average Bonchev–Trinajstić information content (AvgIpc) is 3.02. The Balaban J connectivity index is 1.40. The number of nitrogens with zero attached hydrogens (tertiary/aromatic N) is 4. The van der Waals surface area contributed by atoms with Crippen molar-refractivity contribution in [3.8, 4) is 5.75 Å². The number of hydrogen-bond acceptors (Lipinski definition) is 5. The van der Waals surface area contributed by atoms with Crippen molar-refractivity contribution in [3.63, 3.8) is 0 Å². The Morgan fingerprint density at radius 1 is 1.12 bits per heavy atom. The van der Waals surface area contributed by atoms with E-state index < -0.39 is 0 Å². The van der Waals surface area contributed by atoms with Gasteiger partial charge in [-0.2, -0.15) is 0 Å². The molecule has 172 valence electrons. The summed E-state index contributed by atoms with van der Waals surface area (Å²) in [6, 6.07) is 12.7. The van der Waals surface area contributed by atoms with Gasteiger partial charge < -0.3 is 9.64 Å². The number of pyridine rings is 1. The molecule has 32 heavy (non-hydrogen) atoms. The van der Waals surface area contributed by atoms with E-state index in [1.165, 1.54) is 11.1 Å². The summed E-state index contributed by atoms with van der Waals surface area (Å²) in [5.74, 6) is 1.44. The second-order valence-corrected chi connectivity index (χ2v) is 8.91. The number of aromatic nitrogens is 1. The fourth-order valence-electron chi connectivity index (χ4n) is 4.91. The Morgan fingerprint density at radius 2 is 2.00 bits per heavy atom. The molecule has 0 spiro atoms. The highest BCUT2D eigenvalue weighted by Crippen LogP contribution is 2.27. The van der Waals surface area contributed by atoms with Crippen molar-refractivity contribution in [1.29, 1.82) is 0 Å². The summed E-state index contributed by atoms with van der Waals surface area (Å²) in [6.45, 7) is 11.8. The first-order valence-corrected chi connectivity index (χ1v) is 12.0. The molecular formula is C26H36N4O2. The van der Waals surface area contributed by atoms with Crippen LogP contribution in [-0.4, -0.2) is 64.9 Å². The van der Waals surface area contributed by atoms with Gasteiger partial charge in [0.2, 0.25) is 5.91 Å². The largest absolute Gasteiger partial charge is 0.492 e. The first-order valence-electron chi connectivity index (χ1n) is 12.0. The third-order valence-electron chi connectivity index (χ3n) is 6.63. The van der Waals surface area contributed by atoms with Crippen LogP contribution in [0.4, 0.5) is 0 Å². The Hall–Kier alpha value is -2.44. The number of carbonyl (C=O) groups is 1. The summed E-state index contributed by atoms with van der Waals surface area (Å²) in [5, 5.41) is 0. The summed E-state index contributed by atoms with van der Waals surface area (Å²) >= 11 is 0. The highest BCUT2D eigenvalue weighted by atomic mass is 16.5. The molecule has 1 aromatic heterocycles. The van der Waals surface area contributed by atoms with Gasteiger partial charge in [-0.3, -0.25) is 19.6 Å². The normalized spacial score (nSPS) is 19.6. The molecule has 1 unspecified atom stereocenters. The lowest BCUT2D eigenvalue weighted by molar-refractivity contribution is -0.137. The van der Waals surface area contributed by atoms with E-state index in [-0.39, 0.29) is 5.92 Å². The quantitative estimate of drug-likeness (QED) is 0.664. The number of hydrogen-bond donors (Lipinski definition) is 0. The molecule has 1 fully saturated rings. The maximum absolute atomic E-state index is 12.8. The molecule has 1 saturated heterocycles. The molecule has 1 aromatic carbocycles. The highest BCUT2D eigenvalue weighted by molar-refractivity contribution is 5.79. The minimum atomic E-state index is 0.127. The molecule has 2 aliphatic heterocycles. The van der Waals surface area contributed by atoms with Gasteiger partial charge in [0.25, 0.3) is 0 Å². The Kier molecular flexibility index (Phi) is 7.76. The lowest BCUT2D eigenvalue weighted by atomic mass is 9.95. The van der Waals surface area contributed by atoms with E-state index >= 15 is 0 Å². The van der Waals surface area contributed by atoms with Crippen LogP contribution in [0.5, 0.6) is 5.75 Å². The molecule has 2 aromatic rings. The van der Waals surface area contributed by atoms with Crippen molar-refractivity contribution in [2.75, 3.05) is 39.3 Å². The monoisotopic (exact) mass is 436 g/mol. The zero-order valence-corrected chi connectivity index (χ0v) is 19.5. The number of rotatable bonds is 7. The van der Waals surface area contributed by atoms with Gasteiger partial charge in [-0.15, -0.1) is 0 Å². The van der Waals surface area contributed by atoms with E-state index in [1.807, 2.05) is 23.2 Å². The fourth-order valence-corrected chi connectivity index (χ4v) is 4.91. The molecule has 6 nitrogen and oxygen atoms in total. The zero-order valence-electron chi connectivity index (χ0n) is 19.5. The third kappa shape index (κ3) is 5.67. The van der Waals surface area contributed by atoms with E-state index in [0.717, 1.165) is 76.6 Å². The second kappa shape index (κ2) is 10.9. The third-order valence-corrected chi connectivity index (χ3v) is 6.63. The summed E-state index contributed by atoms with van der Waals surface area (Å²) in [4.78, 5) is 24.1. The Labute approximate surface area is 192 Å². The van der Waals surface area contributed by atoms with Crippen molar-refractivity contribution >= 4 is 5.91 Å². The summed E-state index contributed by atoms with van der Waals surface area (Å²) in [7, 11) is 0. The van der Waals surface area contributed by atoms with Crippen LogP contribution in [0.2, 0.25) is 0 Å². The zero-order chi connectivity index (χ0) is 22.3. The maximum Gasteiger partial charge on any atom is 0.226 e. The van der Waals surface area contributed by atoms with E-state index in [2.05, 4.69) is 52.9 Å². The smallest absolute Gasteiger partial charge is 0.226 e. The van der Waals surface area contributed by atoms with Crippen molar-refractivity contribution < 1.29 is 9.53 Å². The molecule has 3 heterocycles. The number of fused-ring (bicyclic) bond motifs is 1. The lowest BCUT2D eigenvalue weighted by Crippen LogP contribution is -2.44. The molecule has 6 heteroatoms. The molecule has 2 aliphatic rings. The molecular weight excluding hydrogens is 400 g/mol. The Bertz CT molecular complexity index is 885. The molecule has 1 atom stereocenters. The number of carbonyl (C=O) groups excluding carboxylic acids is 1. The van der Waals surface area contributed by atoms with Crippen molar-refractivity contribution in [2.45, 2.75) is 46.3 Å². The van der Waals surface area contributed by atoms with Gasteiger partial charge >= 0.3 is 0 Å². The number of likely N-dealkylation sites (tertiary alicyclic amines) is 1. The molecule has 0 saturated carbocycles. The minimum absolute atomic E-state index is 0.127. The van der Waals surface area contributed by atoms with Gasteiger partial charge in [-0.05, 0) is 63.1 Å². The molecule has 1 amide bonds. The van der Waals surface area contributed by atoms with Crippen LogP contribution in [-0.2, 0) is 24.4 Å². The lowest BCUT2D eigenvalue weighted by Gasteiger charge is -2.34. The van der Waals surface area contributed by atoms with Crippen molar-refractivity contribution in [2.24, 2.45) is 5.92 Å². The summed E-state index contributed by atoms with van der Waals surface area (Å²) in [5.41, 5.74) is 3.62. The number of piperidine rings is 1. The van der Waals surface area contributed by atoms with Gasteiger partial charge in [0.05, 0.1) is 11.6 Å². The van der Waals surface area contributed by atoms with Gasteiger partial charge in [0.1, 0.15) is 12.4 Å². The van der Waals surface area contributed by atoms with E-state index in [9.17, 15) is 4.79 Å².